The van der Waals surface area contributed by atoms with Gasteiger partial charge in [0, 0.05) is 11.3 Å². The van der Waals surface area contributed by atoms with E-state index in [9.17, 15) is 9.90 Å². The third-order valence-electron chi connectivity index (χ3n) is 3.85. The smallest absolute Gasteiger partial charge is 0.340 e. The molecule has 0 amide bonds. The highest BCUT2D eigenvalue weighted by atomic mass is 32.2. The predicted molar refractivity (Wildman–Crippen MR) is 81.6 cm³/mol. The second-order valence-corrected chi connectivity index (χ2v) is 7.13. The summed E-state index contributed by atoms with van der Waals surface area (Å²) in [4.78, 5) is 11.2. The molecule has 0 radical (unpaired) electrons. The summed E-state index contributed by atoms with van der Waals surface area (Å²) in [5.41, 5.74) is 0.930. The van der Waals surface area contributed by atoms with Crippen molar-refractivity contribution in [3.8, 4) is 0 Å². The normalized spacial score (nSPS) is 18.2. The number of anilines is 1. The molecule has 4 nitrogen and oxygen atoms in total. The molecule has 2 rings (SSSR count). The van der Waals surface area contributed by atoms with Gasteiger partial charge in [-0.05, 0) is 37.6 Å². The van der Waals surface area contributed by atoms with E-state index in [1.165, 1.54) is 43.6 Å². The molecule has 0 aliphatic heterocycles. The number of carboxylic acid groups (broad SMARTS) is 1. The summed E-state index contributed by atoms with van der Waals surface area (Å²) in [6, 6.07) is 0. The number of aryl methyl sites for hydroxylation is 1. The number of nitrogens with zero attached hydrogens (tertiary/aromatic N) is 1. The van der Waals surface area contributed by atoms with Gasteiger partial charge >= 0.3 is 5.97 Å². The van der Waals surface area contributed by atoms with Gasteiger partial charge < -0.3 is 10.4 Å². The van der Waals surface area contributed by atoms with Crippen molar-refractivity contribution in [3.63, 3.8) is 0 Å². The van der Waals surface area contributed by atoms with E-state index in [2.05, 4.69) is 15.9 Å². The lowest BCUT2D eigenvalue weighted by atomic mass is 9.88. The van der Waals surface area contributed by atoms with E-state index in [4.69, 9.17) is 0 Å². The Bertz CT molecular complexity index is 453. The van der Waals surface area contributed by atoms with E-state index in [0.29, 0.717) is 16.3 Å². The van der Waals surface area contributed by atoms with Gasteiger partial charge in [-0.1, -0.05) is 19.3 Å². The molecular formula is C13H20N2O2S2. The van der Waals surface area contributed by atoms with Crippen molar-refractivity contribution in [2.45, 2.75) is 43.8 Å². The fourth-order valence-corrected chi connectivity index (χ4v) is 4.33. The van der Waals surface area contributed by atoms with E-state index in [0.717, 1.165) is 6.54 Å². The summed E-state index contributed by atoms with van der Waals surface area (Å²) in [5, 5.41) is 13.2. The summed E-state index contributed by atoms with van der Waals surface area (Å²) < 4.78 is 4.40. The minimum absolute atomic E-state index is 0.256. The molecule has 106 valence electrons. The van der Waals surface area contributed by atoms with Crippen LogP contribution < -0.4 is 5.32 Å². The largest absolute Gasteiger partial charge is 0.478 e. The minimum atomic E-state index is -0.893. The zero-order valence-corrected chi connectivity index (χ0v) is 13.0. The summed E-state index contributed by atoms with van der Waals surface area (Å²) >= 11 is 3.16. The van der Waals surface area contributed by atoms with Gasteiger partial charge in [0.05, 0.1) is 5.69 Å². The van der Waals surface area contributed by atoms with Crippen LogP contribution in [0.5, 0.6) is 0 Å². The molecule has 19 heavy (non-hydrogen) atoms. The maximum Gasteiger partial charge on any atom is 0.340 e. The van der Waals surface area contributed by atoms with Gasteiger partial charge in [-0.3, -0.25) is 0 Å². The summed E-state index contributed by atoms with van der Waals surface area (Å²) in [6.07, 6.45) is 8.44. The molecule has 1 aliphatic carbocycles. The van der Waals surface area contributed by atoms with Gasteiger partial charge in [0.15, 0.2) is 0 Å². The second kappa shape index (κ2) is 6.13. The molecule has 1 fully saturated rings. The first kappa shape index (κ1) is 14.7. The molecule has 0 spiro atoms. The number of aromatic nitrogens is 1. The topological polar surface area (TPSA) is 62.2 Å². The van der Waals surface area contributed by atoms with Crippen molar-refractivity contribution in [2.24, 2.45) is 0 Å². The van der Waals surface area contributed by atoms with Crippen molar-refractivity contribution < 1.29 is 9.90 Å². The summed E-state index contributed by atoms with van der Waals surface area (Å²) in [7, 11) is 0. The zero-order valence-electron chi connectivity index (χ0n) is 11.4. The Morgan fingerprint density at radius 2 is 2.16 bits per heavy atom. The van der Waals surface area contributed by atoms with Crippen molar-refractivity contribution in [1.29, 1.82) is 0 Å². The van der Waals surface area contributed by atoms with Crippen LogP contribution in [0.4, 0.5) is 5.00 Å². The van der Waals surface area contributed by atoms with Gasteiger partial charge in [-0.15, -0.1) is 0 Å². The van der Waals surface area contributed by atoms with Gasteiger partial charge in [0.2, 0.25) is 0 Å². The molecule has 0 unspecified atom stereocenters. The van der Waals surface area contributed by atoms with Crippen molar-refractivity contribution in [3.05, 3.63) is 11.3 Å². The van der Waals surface area contributed by atoms with Crippen LogP contribution in [0.2, 0.25) is 0 Å². The van der Waals surface area contributed by atoms with Crippen LogP contribution in [0.3, 0.4) is 0 Å². The van der Waals surface area contributed by atoms with E-state index >= 15 is 0 Å². The molecule has 0 atom stereocenters. The molecule has 1 aliphatic rings. The molecule has 1 saturated carbocycles. The molecule has 2 N–H and O–H groups in total. The van der Waals surface area contributed by atoms with Crippen LogP contribution in [-0.4, -0.2) is 33.0 Å². The fourth-order valence-electron chi connectivity index (χ4n) is 2.63. The average Bonchev–Trinajstić information content (AvgIpc) is 2.79. The van der Waals surface area contributed by atoms with Crippen LogP contribution >= 0.6 is 23.3 Å². The first-order valence-electron chi connectivity index (χ1n) is 6.56. The summed E-state index contributed by atoms with van der Waals surface area (Å²) in [6.45, 7) is 2.58. The first-order chi connectivity index (χ1) is 9.08. The van der Waals surface area contributed by atoms with E-state index in [-0.39, 0.29) is 4.75 Å². The lowest BCUT2D eigenvalue weighted by molar-refractivity contribution is 0.0697. The molecule has 0 aromatic carbocycles. The number of rotatable bonds is 5. The van der Waals surface area contributed by atoms with Gasteiger partial charge in [0.1, 0.15) is 10.6 Å². The zero-order chi connectivity index (χ0) is 13.9. The van der Waals surface area contributed by atoms with E-state index < -0.39 is 5.97 Å². The highest BCUT2D eigenvalue weighted by Crippen LogP contribution is 2.39. The monoisotopic (exact) mass is 300 g/mol. The molecule has 6 heteroatoms. The predicted octanol–water partition coefficient (Wildman–Crippen LogP) is 3.63. The number of hydrogen-bond donors (Lipinski definition) is 2. The molecule has 1 aromatic rings. The third kappa shape index (κ3) is 3.23. The number of aromatic carboxylic acids is 1. The fraction of sp³-hybridized carbons (Fsp3) is 0.692. The minimum Gasteiger partial charge on any atom is -0.478 e. The Balaban J connectivity index is 2.07. The molecular weight excluding hydrogens is 280 g/mol. The van der Waals surface area contributed by atoms with Gasteiger partial charge in [-0.25, -0.2) is 4.79 Å². The highest BCUT2D eigenvalue weighted by Gasteiger charge is 2.31. The lowest BCUT2D eigenvalue weighted by Gasteiger charge is -2.36. The Morgan fingerprint density at radius 3 is 2.74 bits per heavy atom. The number of thioether (sulfide) groups is 1. The lowest BCUT2D eigenvalue weighted by Crippen LogP contribution is -2.35. The van der Waals surface area contributed by atoms with Crippen molar-refractivity contribution in [1.82, 2.24) is 4.37 Å². The van der Waals surface area contributed by atoms with Crippen LogP contribution in [0, 0.1) is 6.92 Å². The van der Waals surface area contributed by atoms with E-state index in [1.807, 2.05) is 11.8 Å². The number of nitrogens with one attached hydrogen (secondary N) is 1. The quantitative estimate of drug-likeness (QED) is 0.869. The van der Waals surface area contributed by atoms with Crippen molar-refractivity contribution in [2.75, 3.05) is 18.1 Å². The standard InChI is InChI=1S/C13H20N2O2S2/c1-9-10(12(16)17)11(19-15-9)14-8-13(18-2)6-4-3-5-7-13/h14H,3-8H2,1-2H3,(H,16,17). The number of hydrogen-bond acceptors (Lipinski definition) is 5. The maximum absolute atomic E-state index is 11.2. The molecule has 0 saturated heterocycles. The molecule has 1 heterocycles. The Labute approximate surface area is 122 Å². The van der Waals surface area contributed by atoms with Gasteiger partial charge in [-0.2, -0.15) is 16.1 Å². The Kier molecular flexibility index (Phi) is 4.73. The second-order valence-electron chi connectivity index (χ2n) is 5.08. The van der Waals surface area contributed by atoms with Crippen LogP contribution in [0.15, 0.2) is 0 Å². The first-order valence-corrected chi connectivity index (χ1v) is 8.56. The Hall–Kier alpha value is -0.750. The van der Waals surface area contributed by atoms with Crippen LogP contribution in [0.1, 0.15) is 48.2 Å². The van der Waals surface area contributed by atoms with Crippen molar-refractivity contribution >= 4 is 34.3 Å². The van der Waals surface area contributed by atoms with E-state index in [1.54, 1.807) is 6.92 Å². The number of carbonyl (C=O) groups is 1. The average molecular weight is 300 g/mol. The van der Waals surface area contributed by atoms with Crippen LogP contribution in [0.25, 0.3) is 0 Å². The highest BCUT2D eigenvalue weighted by molar-refractivity contribution is 8.00. The van der Waals surface area contributed by atoms with Gasteiger partial charge in [0.25, 0.3) is 0 Å². The third-order valence-corrected chi connectivity index (χ3v) is 6.16. The summed E-state index contributed by atoms with van der Waals surface area (Å²) in [5.74, 6) is -0.893. The number of carboxylic acids is 1. The van der Waals surface area contributed by atoms with Crippen LogP contribution in [-0.2, 0) is 0 Å². The SMILES string of the molecule is CSC1(CNc2snc(C)c2C(=O)O)CCCCC1. The molecule has 1 aromatic heterocycles. The Morgan fingerprint density at radius 1 is 1.47 bits per heavy atom. The molecule has 0 bridgehead atoms. The maximum atomic E-state index is 11.2.